The maximum atomic E-state index is 3.97. The molecule has 0 radical (unpaired) electrons. The van der Waals surface area contributed by atoms with Crippen LogP contribution >= 0.6 is 0 Å². The topological polar surface area (TPSA) is 24.4 Å². The predicted molar refractivity (Wildman–Crippen MR) is 124 cm³/mol. The van der Waals surface area contributed by atoms with E-state index in [1.165, 1.54) is 60.8 Å². The van der Waals surface area contributed by atoms with Gasteiger partial charge >= 0.3 is 0 Å². The van der Waals surface area contributed by atoms with Gasteiger partial charge in [0.1, 0.15) is 0 Å². The van der Waals surface area contributed by atoms with E-state index in [0.29, 0.717) is 0 Å². The van der Waals surface area contributed by atoms with Crippen molar-refractivity contribution in [2.24, 2.45) is 4.99 Å². The van der Waals surface area contributed by atoms with E-state index in [-0.39, 0.29) is 0 Å². The number of benzene rings is 3. The predicted octanol–water partition coefficient (Wildman–Crippen LogP) is 6.44. The molecule has 2 heteroatoms. The van der Waals surface area contributed by atoms with E-state index < -0.39 is 0 Å². The van der Waals surface area contributed by atoms with Gasteiger partial charge in [-0.05, 0) is 89.6 Å². The third-order valence-corrected chi connectivity index (χ3v) is 6.20. The molecule has 2 aliphatic carbocycles. The fourth-order valence-electron chi connectivity index (χ4n) is 4.75. The van der Waals surface area contributed by atoms with E-state index in [2.05, 4.69) is 46.7 Å². The zero-order valence-corrected chi connectivity index (χ0v) is 16.7. The van der Waals surface area contributed by atoms with Gasteiger partial charge in [-0.25, -0.2) is 4.99 Å². The van der Waals surface area contributed by atoms with Gasteiger partial charge in [0, 0.05) is 11.9 Å². The molecule has 0 fully saturated rings. The third-order valence-electron chi connectivity index (χ3n) is 6.20. The van der Waals surface area contributed by atoms with Crippen LogP contribution in [-0.2, 0) is 25.7 Å². The normalized spacial score (nSPS) is 15.4. The number of para-hydroxylation sites is 1. The molecule has 3 aromatic carbocycles. The summed E-state index contributed by atoms with van der Waals surface area (Å²) in [6, 6.07) is 21.8. The van der Waals surface area contributed by atoms with Crippen LogP contribution in [0.4, 0.5) is 5.69 Å². The highest BCUT2D eigenvalue weighted by atomic mass is 14.9. The molecule has 2 nitrogen and oxygen atoms in total. The average Bonchev–Trinajstić information content (AvgIpc) is 3.05. The number of aryl methyl sites for hydroxylation is 2. The smallest absolute Gasteiger partial charge is 0.0923 e. The number of aliphatic imine (C=N–C) groups is 1. The quantitative estimate of drug-likeness (QED) is 0.478. The van der Waals surface area contributed by atoms with Crippen LogP contribution < -0.4 is 5.32 Å². The average molecular weight is 379 g/mol. The van der Waals surface area contributed by atoms with Crippen LogP contribution in [0.15, 0.2) is 71.9 Å². The van der Waals surface area contributed by atoms with Crippen molar-refractivity contribution in [3.8, 4) is 11.1 Å². The lowest BCUT2D eigenvalue weighted by atomic mass is 9.78. The lowest BCUT2D eigenvalue weighted by molar-refractivity contribution is 0.676. The lowest BCUT2D eigenvalue weighted by Crippen LogP contribution is -2.12. The molecule has 144 valence electrons. The summed E-state index contributed by atoms with van der Waals surface area (Å²) in [5.74, 6) is 0. The second kappa shape index (κ2) is 8.08. The minimum atomic E-state index is 1.10. The number of hydrogen-bond donors (Lipinski definition) is 1. The summed E-state index contributed by atoms with van der Waals surface area (Å²) in [7, 11) is 0. The van der Waals surface area contributed by atoms with Crippen molar-refractivity contribution in [2.45, 2.75) is 38.5 Å². The first kappa shape index (κ1) is 17.9. The van der Waals surface area contributed by atoms with Crippen molar-refractivity contribution in [2.75, 3.05) is 5.32 Å². The molecule has 6 rings (SSSR count). The second-order valence-corrected chi connectivity index (χ2v) is 7.92. The van der Waals surface area contributed by atoms with Gasteiger partial charge < -0.3 is 5.32 Å². The van der Waals surface area contributed by atoms with Crippen LogP contribution in [-0.4, -0.2) is 6.34 Å². The Balaban J connectivity index is 0.000000142. The van der Waals surface area contributed by atoms with Gasteiger partial charge in [-0.3, -0.25) is 0 Å². The van der Waals surface area contributed by atoms with E-state index in [1.54, 1.807) is 29.2 Å². The van der Waals surface area contributed by atoms with Gasteiger partial charge in [-0.2, -0.15) is 0 Å². The van der Waals surface area contributed by atoms with Gasteiger partial charge in [0.25, 0.3) is 0 Å². The maximum Gasteiger partial charge on any atom is 0.0923 e. The molecule has 1 aliphatic heterocycles. The summed E-state index contributed by atoms with van der Waals surface area (Å²) in [5, 5.41) is 3.07. The Bertz CT molecular complexity index is 1090. The highest BCUT2D eigenvalue weighted by molar-refractivity contribution is 5.83. The monoisotopic (exact) mass is 378 g/mol. The van der Waals surface area contributed by atoms with Crippen molar-refractivity contribution >= 4 is 18.1 Å². The van der Waals surface area contributed by atoms with E-state index in [4.69, 9.17) is 0 Å². The van der Waals surface area contributed by atoms with Crippen molar-refractivity contribution in [1.82, 2.24) is 0 Å². The molecule has 0 atom stereocenters. The summed E-state index contributed by atoms with van der Waals surface area (Å²) in [6.07, 6.45) is 13.3. The third kappa shape index (κ3) is 3.63. The molecule has 0 unspecified atom stereocenters. The second-order valence-electron chi connectivity index (χ2n) is 7.92. The zero-order valence-electron chi connectivity index (χ0n) is 16.7. The molecule has 1 N–H and O–H groups in total. The summed E-state index contributed by atoms with van der Waals surface area (Å²) < 4.78 is 0. The number of nitrogens with zero attached hydrogens (tertiary/aromatic N) is 1. The maximum absolute atomic E-state index is 3.97. The minimum Gasteiger partial charge on any atom is -0.346 e. The molecular formula is C27H26N2. The van der Waals surface area contributed by atoms with Crippen molar-refractivity contribution < 1.29 is 0 Å². The van der Waals surface area contributed by atoms with Crippen LogP contribution in [0, 0.1) is 0 Å². The fourth-order valence-corrected chi connectivity index (χ4v) is 4.75. The minimum absolute atomic E-state index is 1.10. The van der Waals surface area contributed by atoms with Gasteiger partial charge in [-0.15, -0.1) is 0 Å². The molecule has 3 aromatic rings. The zero-order chi connectivity index (χ0) is 19.5. The van der Waals surface area contributed by atoms with Gasteiger partial charge in [-0.1, -0.05) is 54.6 Å². The van der Waals surface area contributed by atoms with Crippen LogP contribution in [0.2, 0.25) is 0 Å². The van der Waals surface area contributed by atoms with E-state index in [9.17, 15) is 0 Å². The molecule has 0 saturated heterocycles. The summed E-state index contributed by atoms with van der Waals surface area (Å²) in [6.45, 7) is 0. The summed E-state index contributed by atoms with van der Waals surface area (Å²) in [5.41, 5.74) is 11.8. The number of rotatable bonds is 0. The molecule has 0 spiro atoms. The Morgan fingerprint density at radius 3 is 2.52 bits per heavy atom. The Kier molecular flexibility index (Phi) is 5.00. The highest BCUT2D eigenvalue weighted by Crippen LogP contribution is 2.38. The van der Waals surface area contributed by atoms with Crippen molar-refractivity contribution in [1.29, 1.82) is 0 Å². The Morgan fingerprint density at radius 2 is 1.52 bits per heavy atom. The van der Waals surface area contributed by atoms with E-state index in [1.807, 2.05) is 30.3 Å². The van der Waals surface area contributed by atoms with E-state index in [0.717, 1.165) is 5.69 Å². The molecule has 3 aliphatic rings. The van der Waals surface area contributed by atoms with Crippen LogP contribution in [0.3, 0.4) is 0 Å². The fraction of sp³-hybridized carbons (Fsp3) is 0.222. The molecule has 1 heterocycles. The van der Waals surface area contributed by atoms with Crippen molar-refractivity contribution in [3.05, 3.63) is 94.7 Å². The Labute approximate surface area is 173 Å². The summed E-state index contributed by atoms with van der Waals surface area (Å²) in [4.78, 5) is 3.97. The molecular weight excluding hydrogens is 352 g/mol. The van der Waals surface area contributed by atoms with Crippen molar-refractivity contribution in [3.63, 3.8) is 0 Å². The number of fused-ring (bicyclic) bond motifs is 6. The molecule has 0 aromatic heterocycles. The van der Waals surface area contributed by atoms with Crippen LogP contribution in [0.1, 0.15) is 40.7 Å². The Hall–Kier alpha value is -3.13. The number of hydrogen-bond acceptors (Lipinski definition) is 2. The van der Waals surface area contributed by atoms with Crippen LogP contribution in [0.5, 0.6) is 0 Å². The molecule has 0 bridgehead atoms. The highest BCUT2D eigenvalue weighted by Gasteiger charge is 2.21. The number of nitrogens with one attached hydrogen (secondary N) is 1. The molecule has 0 saturated carbocycles. The van der Waals surface area contributed by atoms with Gasteiger partial charge in [0.15, 0.2) is 0 Å². The van der Waals surface area contributed by atoms with Crippen LogP contribution in [0.25, 0.3) is 17.2 Å². The number of anilines is 1. The summed E-state index contributed by atoms with van der Waals surface area (Å²) >= 11 is 0. The van der Waals surface area contributed by atoms with E-state index >= 15 is 0 Å². The van der Waals surface area contributed by atoms with Gasteiger partial charge in [0.2, 0.25) is 0 Å². The SMILES string of the molecule is C1=Cc2ccccc2NC=N1.c1ccc2c(c1)CCc1c-2ccc2c1CCCC2. The first-order valence-corrected chi connectivity index (χ1v) is 10.7. The molecule has 0 amide bonds. The largest absolute Gasteiger partial charge is 0.346 e. The standard InChI is InChI=1S/C18H18.C9H8N2/c1-3-7-15-13(5-1)9-11-18-16-8-4-2-6-14(16)10-12-17(15)18;1-2-4-9-8(3-1)5-6-10-7-11-9/h1,3,5,7,10,12H,2,4,6,8-9,11H2;1-7H,(H,10,11). The first-order chi connectivity index (χ1) is 14.4. The molecule has 29 heavy (non-hydrogen) atoms. The first-order valence-electron chi connectivity index (χ1n) is 10.7. The lowest BCUT2D eigenvalue weighted by Gasteiger charge is -2.26. The Morgan fingerprint density at radius 1 is 0.655 bits per heavy atom. The van der Waals surface area contributed by atoms with Gasteiger partial charge in [0.05, 0.1) is 6.34 Å².